The maximum absolute atomic E-state index is 11.8. The third-order valence-corrected chi connectivity index (χ3v) is 5.22. The Kier molecular flexibility index (Phi) is 3.36. The molecule has 0 saturated carbocycles. The van der Waals surface area contributed by atoms with Crippen LogP contribution in [0.5, 0.6) is 0 Å². The first kappa shape index (κ1) is 14.3. The summed E-state index contributed by atoms with van der Waals surface area (Å²) in [7, 11) is 0. The molecular weight excluding hydrogens is 232 g/mol. The molecule has 0 aromatic heterocycles. The number of benzene rings is 1. The predicted octanol–water partition coefficient (Wildman–Crippen LogP) is 4.86. The van der Waals surface area contributed by atoms with Gasteiger partial charge in [-0.2, -0.15) is 0 Å². The van der Waals surface area contributed by atoms with Gasteiger partial charge in [-0.3, -0.25) is 4.79 Å². The topological polar surface area (TPSA) is 17.1 Å². The number of hydrogen-bond donors (Lipinski definition) is 0. The summed E-state index contributed by atoms with van der Waals surface area (Å²) in [5.41, 5.74) is 5.07. The van der Waals surface area contributed by atoms with Crippen LogP contribution in [-0.2, 0) is 5.41 Å². The Hall–Kier alpha value is -1.11. The summed E-state index contributed by atoms with van der Waals surface area (Å²) in [5.74, 6) is 1.96. The van der Waals surface area contributed by atoms with E-state index in [1.54, 1.807) is 6.92 Å². The second-order valence-electron chi connectivity index (χ2n) is 7.09. The van der Waals surface area contributed by atoms with Crippen LogP contribution in [-0.4, -0.2) is 5.78 Å². The summed E-state index contributed by atoms with van der Waals surface area (Å²) in [6.07, 6.45) is 0. The van der Waals surface area contributed by atoms with Crippen LogP contribution in [0.3, 0.4) is 0 Å². The van der Waals surface area contributed by atoms with Crippen LogP contribution >= 0.6 is 0 Å². The molecule has 0 aliphatic heterocycles. The van der Waals surface area contributed by atoms with Gasteiger partial charge in [0.2, 0.25) is 0 Å². The summed E-state index contributed by atoms with van der Waals surface area (Å²) in [4.78, 5) is 11.8. The third-order valence-electron chi connectivity index (χ3n) is 5.22. The number of ketones is 1. The molecule has 1 aliphatic carbocycles. The molecule has 1 heteroatoms. The molecule has 0 amide bonds. The minimum Gasteiger partial charge on any atom is -0.295 e. The minimum atomic E-state index is 0.181. The Balaban J connectivity index is 2.69. The maximum atomic E-state index is 11.8. The van der Waals surface area contributed by atoms with Gasteiger partial charge in [0.25, 0.3) is 0 Å². The zero-order valence-electron chi connectivity index (χ0n) is 13.3. The Morgan fingerprint density at radius 1 is 1.26 bits per heavy atom. The molecule has 0 heterocycles. The van der Waals surface area contributed by atoms with Crippen LogP contribution in [0.2, 0.25) is 0 Å². The van der Waals surface area contributed by atoms with Crippen LogP contribution in [0.25, 0.3) is 0 Å². The van der Waals surface area contributed by atoms with E-state index in [1.165, 1.54) is 11.1 Å². The number of Topliss-reactive ketones (excluding diaryl/α,β-unsaturated/α-hetero) is 1. The summed E-state index contributed by atoms with van der Waals surface area (Å²) in [5, 5.41) is 0. The molecular formula is C18H26O. The summed E-state index contributed by atoms with van der Waals surface area (Å²) < 4.78 is 0. The number of fused-ring (bicyclic) bond motifs is 1. The molecule has 1 nitrogen and oxygen atoms in total. The fourth-order valence-electron chi connectivity index (χ4n) is 3.84. The first-order valence-corrected chi connectivity index (χ1v) is 7.33. The normalized spacial score (nSPS) is 24.6. The fourth-order valence-corrected chi connectivity index (χ4v) is 3.84. The van der Waals surface area contributed by atoms with Gasteiger partial charge >= 0.3 is 0 Å². The van der Waals surface area contributed by atoms with Crippen molar-refractivity contribution in [3.63, 3.8) is 0 Å². The highest BCUT2D eigenvalue weighted by Crippen LogP contribution is 2.53. The number of hydrogen-bond acceptors (Lipinski definition) is 1. The van der Waals surface area contributed by atoms with E-state index in [0.29, 0.717) is 17.8 Å². The highest BCUT2D eigenvalue weighted by Gasteiger charge is 2.44. The van der Waals surface area contributed by atoms with E-state index in [9.17, 15) is 4.79 Å². The number of carbonyl (C=O) groups excluding carboxylic acids is 1. The van der Waals surface area contributed by atoms with Crippen LogP contribution in [0.1, 0.15) is 74.5 Å². The maximum Gasteiger partial charge on any atom is 0.160 e. The molecule has 1 aliphatic rings. The smallest absolute Gasteiger partial charge is 0.160 e. The number of rotatable bonds is 2. The Morgan fingerprint density at radius 3 is 2.32 bits per heavy atom. The van der Waals surface area contributed by atoms with E-state index in [-0.39, 0.29) is 11.2 Å². The largest absolute Gasteiger partial charge is 0.295 e. The average molecular weight is 258 g/mol. The van der Waals surface area contributed by atoms with Gasteiger partial charge in [0.1, 0.15) is 0 Å². The van der Waals surface area contributed by atoms with Crippen molar-refractivity contribution < 1.29 is 4.79 Å². The third kappa shape index (κ3) is 2.04. The summed E-state index contributed by atoms with van der Waals surface area (Å²) in [6, 6.07) is 4.42. The molecule has 1 aromatic carbocycles. The molecule has 0 radical (unpaired) electrons. The van der Waals surface area contributed by atoms with Gasteiger partial charge in [-0.15, -0.1) is 0 Å². The fraction of sp³-hybridized carbons (Fsp3) is 0.611. The quantitative estimate of drug-likeness (QED) is 0.692. The van der Waals surface area contributed by atoms with Gasteiger partial charge < -0.3 is 0 Å². The van der Waals surface area contributed by atoms with E-state index in [4.69, 9.17) is 0 Å². The van der Waals surface area contributed by atoms with Crippen molar-refractivity contribution >= 4 is 5.78 Å². The highest BCUT2D eigenvalue weighted by atomic mass is 16.1. The predicted molar refractivity (Wildman–Crippen MR) is 81.0 cm³/mol. The zero-order chi connectivity index (χ0) is 14.5. The lowest BCUT2D eigenvalue weighted by atomic mass is 9.74. The van der Waals surface area contributed by atoms with Gasteiger partial charge in [0.05, 0.1) is 0 Å². The van der Waals surface area contributed by atoms with Crippen molar-refractivity contribution in [1.29, 1.82) is 0 Å². The van der Waals surface area contributed by atoms with Crippen molar-refractivity contribution in [2.45, 2.75) is 59.8 Å². The molecule has 0 bridgehead atoms. The Bertz CT molecular complexity index is 523. The van der Waals surface area contributed by atoms with Crippen LogP contribution in [0.15, 0.2) is 12.1 Å². The van der Waals surface area contributed by atoms with Crippen molar-refractivity contribution in [3.8, 4) is 0 Å². The molecule has 19 heavy (non-hydrogen) atoms. The minimum absolute atomic E-state index is 0.181. The van der Waals surface area contributed by atoms with Gasteiger partial charge in [0, 0.05) is 5.56 Å². The summed E-state index contributed by atoms with van der Waals surface area (Å²) in [6.45, 7) is 15.3. The van der Waals surface area contributed by atoms with Gasteiger partial charge in [-0.25, -0.2) is 0 Å². The Labute approximate surface area is 117 Å². The SMILES string of the molecule is CC(=O)c1cc2c(cc1C)C(C)(C)[C@@H](C)[C@@H]2C(C)C. The van der Waals surface area contributed by atoms with E-state index in [1.807, 2.05) is 0 Å². The monoisotopic (exact) mass is 258 g/mol. The van der Waals surface area contributed by atoms with Crippen molar-refractivity contribution in [3.05, 3.63) is 34.4 Å². The van der Waals surface area contributed by atoms with Gasteiger partial charge in [-0.1, -0.05) is 40.7 Å². The molecule has 2 atom stereocenters. The van der Waals surface area contributed by atoms with E-state index in [0.717, 1.165) is 11.1 Å². The number of aryl methyl sites for hydroxylation is 1. The average Bonchev–Trinajstić information content (AvgIpc) is 2.47. The molecule has 0 N–H and O–H groups in total. The lowest BCUT2D eigenvalue weighted by Gasteiger charge is -2.30. The molecule has 0 fully saturated rings. The standard InChI is InChI=1S/C18H26O/c1-10(2)17-12(4)18(6,7)16-8-11(3)14(13(5)19)9-15(16)17/h8-10,12,17H,1-7H3/t12-,17-/m0/s1. The number of carbonyl (C=O) groups is 1. The van der Waals surface area contributed by atoms with Crippen molar-refractivity contribution in [2.75, 3.05) is 0 Å². The first-order chi connectivity index (χ1) is 8.67. The van der Waals surface area contributed by atoms with Gasteiger partial charge in [0.15, 0.2) is 5.78 Å². The Morgan fingerprint density at radius 2 is 1.84 bits per heavy atom. The molecule has 104 valence electrons. The molecule has 0 saturated heterocycles. The second kappa shape index (κ2) is 4.47. The van der Waals surface area contributed by atoms with E-state index in [2.05, 4.69) is 53.7 Å². The summed E-state index contributed by atoms with van der Waals surface area (Å²) >= 11 is 0. The molecule has 0 spiro atoms. The van der Waals surface area contributed by atoms with Crippen LogP contribution < -0.4 is 0 Å². The van der Waals surface area contributed by atoms with E-state index >= 15 is 0 Å². The lowest BCUT2D eigenvalue weighted by Crippen LogP contribution is -2.25. The van der Waals surface area contributed by atoms with Gasteiger partial charge in [-0.05, 0) is 59.8 Å². The molecule has 1 aromatic rings. The first-order valence-electron chi connectivity index (χ1n) is 7.33. The molecule has 0 unspecified atom stereocenters. The highest BCUT2D eigenvalue weighted by molar-refractivity contribution is 5.96. The zero-order valence-corrected chi connectivity index (χ0v) is 13.3. The van der Waals surface area contributed by atoms with Crippen LogP contribution in [0, 0.1) is 18.8 Å². The molecule has 2 rings (SSSR count). The van der Waals surface area contributed by atoms with Crippen molar-refractivity contribution in [1.82, 2.24) is 0 Å². The van der Waals surface area contributed by atoms with Crippen molar-refractivity contribution in [2.24, 2.45) is 11.8 Å². The second-order valence-corrected chi connectivity index (χ2v) is 7.09. The lowest BCUT2D eigenvalue weighted by molar-refractivity contribution is 0.101. The van der Waals surface area contributed by atoms with Crippen LogP contribution in [0.4, 0.5) is 0 Å². The van der Waals surface area contributed by atoms with E-state index < -0.39 is 0 Å².